The molecule has 1 unspecified atom stereocenters. The van der Waals surface area contributed by atoms with Gasteiger partial charge in [-0.15, -0.1) is 0 Å². The average molecular weight is 1080 g/mol. The van der Waals surface area contributed by atoms with Crippen LogP contribution in [-0.4, -0.2) is 150 Å². The number of anilines is 2. The zero-order valence-corrected chi connectivity index (χ0v) is 44.3. The Labute approximate surface area is 454 Å². The molecule has 0 saturated carbocycles. The van der Waals surface area contributed by atoms with Gasteiger partial charge in [-0.1, -0.05) is 0 Å². The standard InChI is InChI=1S/C58H63F2N11O8/c1-34(72)67-16-7-47-45(31-67)54(63-71(47)38-8-21-79-22-9-38)69-15-2-3-35-23-39(40(53(59)60)26-49(35)69)44-30-68(46-6-14-61-27-43(44)46)33-52(75)66-19-12-58(13-20-66)10-17-65(18-11-58)51(74)32-64-28-36-24-41-42(25-37(36)29-64)57(78)70(56(41)77)48-4-5-50(73)62-55(48)76/h6,14,23-27,30,38,48,53H,2-5,7-13,15-22,28-29,31-33H2,1H3,(H,62,73,76). The van der Waals surface area contributed by atoms with Crippen molar-refractivity contribution in [1.82, 2.24) is 49.1 Å². The van der Waals surface area contributed by atoms with Gasteiger partial charge >= 0.3 is 0 Å². The first kappa shape index (κ1) is 51.1. The molecule has 8 aliphatic rings. The minimum atomic E-state index is -2.80. The second kappa shape index (κ2) is 20.1. The number of aryl methyl sites for hydroxylation is 1. The number of nitrogens with zero attached hydrogens (tertiary/aromatic N) is 10. The molecule has 8 aliphatic heterocycles. The van der Waals surface area contributed by atoms with Gasteiger partial charge < -0.3 is 28.9 Å². The Bertz CT molecular complexity index is 3340. The largest absolute Gasteiger partial charge is 0.381 e. The van der Waals surface area contributed by atoms with Crippen LogP contribution in [0.5, 0.6) is 0 Å². The summed E-state index contributed by atoms with van der Waals surface area (Å²) >= 11 is 0. The summed E-state index contributed by atoms with van der Waals surface area (Å²) in [6.45, 7) is 7.96. The van der Waals surface area contributed by atoms with Gasteiger partial charge in [0.2, 0.25) is 29.5 Å². The first-order valence-electron chi connectivity index (χ1n) is 28.0. The summed E-state index contributed by atoms with van der Waals surface area (Å²) in [6.07, 6.45) is 9.58. The summed E-state index contributed by atoms with van der Waals surface area (Å²) in [5.74, 6) is -1.51. The number of ether oxygens (including phenoxy) is 1. The number of hydrogen-bond donors (Lipinski definition) is 1. The van der Waals surface area contributed by atoms with Crippen molar-refractivity contribution in [2.24, 2.45) is 5.41 Å². The van der Waals surface area contributed by atoms with E-state index in [4.69, 9.17) is 9.84 Å². The van der Waals surface area contributed by atoms with Crippen LogP contribution in [-0.2, 0) is 67.7 Å². The van der Waals surface area contributed by atoms with Gasteiger partial charge in [0.05, 0.1) is 35.8 Å². The number of alkyl halides is 2. The van der Waals surface area contributed by atoms with Gasteiger partial charge in [-0.2, -0.15) is 5.10 Å². The lowest BCUT2D eigenvalue weighted by atomic mass is 9.71. The Balaban J connectivity index is 0.655. The Morgan fingerprint density at radius 2 is 1.43 bits per heavy atom. The highest BCUT2D eigenvalue weighted by atomic mass is 19.3. The van der Waals surface area contributed by atoms with Crippen LogP contribution in [0, 0.1) is 5.41 Å². The number of benzene rings is 2. The third kappa shape index (κ3) is 9.05. The van der Waals surface area contributed by atoms with Gasteiger partial charge in [-0.25, -0.2) is 8.78 Å². The maximum Gasteiger partial charge on any atom is 0.264 e. The molecule has 0 aliphatic carbocycles. The molecule has 4 fully saturated rings. The molecule has 13 rings (SSSR count). The van der Waals surface area contributed by atoms with Crippen LogP contribution in [0.15, 0.2) is 48.9 Å². The molecule has 5 aromatic rings. The molecule has 2 aromatic carbocycles. The van der Waals surface area contributed by atoms with Crippen LogP contribution in [0.3, 0.4) is 0 Å². The van der Waals surface area contributed by atoms with Crippen LogP contribution >= 0.6 is 0 Å². The van der Waals surface area contributed by atoms with Crippen molar-refractivity contribution in [2.75, 3.05) is 63.9 Å². The molecule has 1 N–H and O–H groups in total. The van der Waals surface area contributed by atoms with Gasteiger partial charge in [0, 0.05) is 137 Å². The van der Waals surface area contributed by atoms with Crippen molar-refractivity contribution in [1.29, 1.82) is 0 Å². The topological polar surface area (TPSA) is 196 Å². The maximum atomic E-state index is 15.6. The number of imide groups is 2. The highest BCUT2D eigenvalue weighted by Crippen LogP contribution is 2.46. The summed E-state index contributed by atoms with van der Waals surface area (Å²) in [5.41, 5.74) is 7.52. The SMILES string of the molecule is CC(=O)N1CCc2c(c(N3CCCc4cc(-c5cn(CC(=O)N6CCC7(CCN(C(=O)CN8Cc9cc%10c(cc9C8)C(=O)N(C8CCC(=O)NC8=O)C%10=O)CC7)CC6)c6ccncc56)c(C(F)F)cc43)nn2C2CCOCC2)C1. The van der Waals surface area contributed by atoms with Crippen LogP contribution in [0.2, 0.25) is 0 Å². The van der Waals surface area contributed by atoms with Crippen molar-refractivity contribution >= 4 is 63.8 Å². The van der Waals surface area contributed by atoms with E-state index in [0.29, 0.717) is 107 Å². The quantitative estimate of drug-likeness (QED) is 0.174. The Morgan fingerprint density at radius 3 is 2.09 bits per heavy atom. The third-order valence-corrected chi connectivity index (χ3v) is 18.4. The summed E-state index contributed by atoms with van der Waals surface area (Å²) in [6, 6.07) is 7.89. The van der Waals surface area contributed by atoms with Crippen LogP contribution in [0.1, 0.15) is 131 Å². The molecule has 4 saturated heterocycles. The summed E-state index contributed by atoms with van der Waals surface area (Å²) < 4.78 is 40.8. The lowest BCUT2D eigenvalue weighted by Crippen LogP contribution is -2.54. The van der Waals surface area contributed by atoms with E-state index < -0.39 is 36.1 Å². The maximum absolute atomic E-state index is 15.6. The van der Waals surface area contributed by atoms with Crippen LogP contribution in [0.4, 0.5) is 20.3 Å². The van der Waals surface area contributed by atoms with Crippen molar-refractivity contribution < 1.29 is 47.1 Å². The average Bonchev–Trinajstić information content (AvgIpc) is 4.41. The molecule has 19 nitrogen and oxygen atoms in total. The van der Waals surface area contributed by atoms with Gasteiger partial charge in [-0.3, -0.25) is 58.3 Å². The number of carbonyl (C=O) groups is 7. The van der Waals surface area contributed by atoms with E-state index in [-0.39, 0.29) is 71.8 Å². The number of fused-ring (bicyclic) bond motifs is 5. The number of amides is 7. The zero-order chi connectivity index (χ0) is 54.4. The van der Waals surface area contributed by atoms with Gasteiger partial charge in [0.15, 0.2) is 5.82 Å². The lowest BCUT2D eigenvalue weighted by Gasteiger charge is -2.47. The minimum Gasteiger partial charge on any atom is -0.381 e. The summed E-state index contributed by atoms with van der Waals surface area (Å²) in [7, 11) is 0. The second-order valence-electron chi connectivity index (χ2n) is 22.9. The number of carbonyl (C=O) groups excluding carboxylic acids is 7. The van der Waals surface area contributed by atoms with E-state index in [9.17, 15) is 33.6 Å². The van der Waals surface area contributed by atoms with E-state index in [0.717, 1.165) is 89.1 Å². The van der Waals surface area contributed by atoms with E-state index in [1.54, 1.807) is 37.5 Å². The van der Waals surface area contributed by atoms with Crippen molar-refractivity contribution in [2.45, 2.75) is 122 Å². The van der Waals surface area contributed by atoms with E-state index in [1.165, 1.54) is 0 Å². The lowest BCUT2D eigenvalue weighted by molar-refractivity contribution is -0.138. The van der Waals surface area contributed by atoms with Crippen molar-refractivity contribution in [3.8, 4) is 11.1 Å². The summed E-state index contributed by atoms with van der Waals surface area (Å²) in [5, 5.41) is 8.16. The van der Waals surface area contributed by atoms with E-state index in [1.807, 2.05) is 42.5 Å². The van der Waals surface area contributed by atoms with Gasteiger partial charge in [0.1, 0.15) is 12.6 Å². The second-order valence-corrected chi connectivity index (χ2v) is 22.9. The number of halogens is 2. The van der Waals surface area contributed by atoms with E-state index >= 15 is 8.78 Å². The molecule has 21 heteroatoms. The predicted molar refractivity (Wildman–Crippen MR) is 283 cm³/mol. The highest BCUT2D eigenvalue weighted by molar-refractivity contribution is 6.23. The molecule has 3 aromatic heterocycles. The predicted octanol–water partition coefficient (Wildman–Crippen LogP) is 5.83. The molecule has 0 bridgehead atoms. The molecule has 1 atom stereocenters. The molecule has 1 spiro atoms. The first-order valence-corrected chi connectivity index (χ1v) is 28.0. The Hall–Kier alpha value is -7.39. The van der Waals surface area contributed by atoms with Crippen molar-refractivity contribution in [3.63, 3.8) is 0 Å². The van der Waals surface area contributed by atoms with Crippen LogP contribution < -0.4 is 10.2 Å². The number of aromatic nitrogens is 4. The number of rotatable bonds is 9. The molecule has 11 heterocycles. The number of hydrogen-bond acceptors (Lipinski definition) is 12. The molecular weight excluding hydrogens is 1020 g/mol. The number of piperidine rings is 3. The van der Waals surface area contributed by atoms with Crippen LogP contribution in [0.25, 0.3) is 22.0 Å². The zero-order valence-electron chi connectivity index (χ0n) is 44.3. The number of likely N-dealkylation sites (tertiary alicyclic amines) is 2. The highest BCUT2D eigenvalue weighted by Gasteiger charge is 2.46. The fourth-order valence-corrected chi connectivity index (χ4v) is 14.0. The number of pyridine rings is 1. The van der Waals surface area contributed by atoms with Crippen molar-refractivity contribution in [3.05, 3.63) is 93.6 Å². The molecular formula is C58H63F2N11O8. The smallest absolute Gasteiger partial charge is 0.264 e. The normalized spacial score (nSPS) is 21.5. The van der Waals surface area contributed by atoms with E-state index in [2.05, 4.69) is 19.9 Å². The summed E-state index contributed by atoms with van der Waals surface area (Å²) in [4.78, 5) is 107. The first-order chi connectivity index (χ1) is 38.2. The third-order valence-electron chi connectivity index (χ3n) is 18.4. The Morgan fingerprint density at radius 1 is 0.759 bits per heavy atom. The molecule has 7 amide bonds. The number of nitrogens with one attached hydrogen (secondary N) is 1. The fraction of sp³-hybridized carbons (Fsp3) is 0.500. The van der Waals surface area contributed by atoms with Gasteiger partial charge in [-0.05, 0) is 116 Å². The fourth-order valence-electron chi connectivity index (χ4n) is 14.0. The molecule has 79 heavy (non-hydrogen) atoms. The van der Waals surface area contributed by atoms with Gasteiger partial charge in [0.25, 0.3) is 18.2 Å². The monoisotopic (exact) mass is 1080 g/mol. The minimum absolute atomic E-state index is 0.00454. The molecule has 412 valence electrons. The Kier molecular flexibility index (Phi) is 13.0. The molecule has 0 radical (unpaired) electrons.